The molecule has 32 heavy (non-hydrogen) atoms. The number of nitrogens with one attached hydrogen (secondary N) is 2. The van der Waals surface area contributed by atoms with Gasteiger partial charge in [-0.1, -0.05) is 31.0 Å². The Morgan fingerprint density at radius 1 is 1.03 bits per heavy atom. The van der Waals surface area contributed by atoms with Gasteiger partial charge in [-0.05, 0) is 61.1 Å². The number of hydrogen-bond donors (Lipinski definition) is 4. The maximum absolute atomic E-state index is 13.3. The average molecular weight is 432 g/mol. The van der Waals surface area contributed by atoms with Crippen molar-refractivity contribution in [2.24, 2.45) is 0 Å². The van der Waals surface area contributed by atoms with Crippen LogP contribution in [-0.4, -0.2) is 27.6 Å². The highest BCUT2D eigenvalue weighted by Gasteiger charge is 2.24. The molecule has 0 spiro atoms. The van der Waals surface area contributed by atoms with E-state index in [1.807, 2.05) is 19.1 Å². The zero-order valence-corrected chi connectivity index (χ0v) is 18.3. The van der Waals surface area contributed by atoms with E-state index in [-0.39, 0.29) is 18.1 Å². The Balaban J connectivity index is 1.56. The largest absolute Gasteiger partial charge is 0.508 e. The van der Waals surface area contributed by atoms with Gasteiger partial charge in [0.15, 0.2) is 5.78 Å². The van der Waals surface area contributed by atoms with E-state index in [0.29, 0.717) is 23.5 Å². The van der Waals surface area contributed by atoms with E-state index in [1.165, 1.54) is 5.56 Å². The van der Waals surface area contributed by atoms with Crippen LogP contribution in [-0.2, 0) is 12.8 Å². The molecule has 166 valence electrons. The number of aryl methyl sites for hydroxylation is 2. The summed E-state index contributed by atoms with van der Waals surface area (Å²) in [5, 5.41) is 25.4. The number of aliphatic hydroxyl groups is 1. The van der Waals surface area contributed by atoms with Crippen LogP contribution < -0.4 is 10.6 Å². The van der Waals surface area contributed by atoms with E-state index in [2.05, 4.69) is 27.8 Å². The fourth-order valence-corrected chi connectivity index (χ4v) is 4.09. The van der Waals surface area contributed by atoms with Gasteiger partial charge < -0.3 is 20.8 Å². The van der Waals surface area contributed by atoms with Crippen molar-refractivity contribution in [2.75, 3.05) is 17.2 Å². The zero-order chi connectivity index (χ0) is 22.5. The van der Waals surface area contributed by atoms with Crippen molar-refractivity contribution in [3.05, 3.63) is 70.9 Å². The molecule has 0 amide bonds. The second kappa shape index (κ2) is 9.83. The van der Waals surface area contributed by atoms with E-state index < -0.39 is 0 Å². The molecular formula is C26H29N3O3. The number of pyridine rings is 1. The molecule has 4 N–H and O–H groups in total. The normalized spacial score (nSPS) is 12.5. The number of phenols is 1. The number of aromatic nitrogens is 1. The monoisotopic (exact) mass is 431 g/mol. The van der Waals surface area contributed by atoms with Crippen molar-refractivity contribution in [3.63, 3.8) is 0 Å². The minimum absolute atomic E-state index is 0.000230. The maximum atomic E-state index is 13.3. The lowest BCUT2D eigenvalue weighted by molar-refractivity contribution is 0.0995. The Hall–Kier alpha value is -3.38. The molecule has 2 heterocycles. The van der Waals surface area contributed by atoms with Crippen LogP contribution in [0.4, 0.5) is 22.9 Å². The standard InChI is InChI=1S/C26H29N3O3/c1-17-7-9-20(31)16-23(17)28-22-11-12-27-26-25(22)24(32)15-19-14-18(8-10-21(19)29-26)6-4-2-3-5-13-30/h7-12,14,16,30-31H,2-6,13,15H2,1H3,(H2,27,28,29). The minimum atomic E-state index is -0.000230. The van der Waals surface area contributed by atoms with Crippen LogP contribution in [0.5, 0.6) is 5.75 Å². The number of Topliss-reactive ketones (excluding diaryl/α,β-unsaturated/α-hetero) is 1. The predicted molar refractivity (Wildman–Crippen MR) is 127 cm³/mol. The van der Waals surface area contributed by atoms with Crippen LogP contribution in [0.15, 0.2) is 48.7 Å². The zero-order valence-electron chi connectivity index (χ0n) is 18.3. The van der Waals surface area contributed by atoms with E-state index in [4.69, 9.17) is 5.11 Å². The first-order chi connectivity index (χ1) is 15.5. The number of aliphatic hydroxyl groups excluding tert-OH is 1. The number of anilines is 4. The number of fused-ring (bicyclic) bond motifs is 2. The molecule has 0 saturated heterocycles. The summed E-state index contributed by atoms with van der Waals surface area (Å²) < 4.78 is 0. The first kappa shape index (κ1) is 21.8. The van der Waals surface area contributed by atoms with E-state index in [0.717, 1.165) is 54.6 Å². The Kier molecular flexibility index (Phi) is 6.71. The number of aromatic hydroxyl groups is 1. The molecule has 0 saturated carbocycles. The van der Waals surface area contributed by atoms with Crippen LogP contribution in [0.1, 0.15) is 52.7 Å². The third-order valence-electron chi connectivity index (χ3n) is 5.87. The molecule has 1 aliphatic rings. The Bertz CT molecular complexity index is 1130. The van der Waals surface area contributed by atoms with Gasteiger partial charge in [0.1, 0.15) is 11.6 Å². The molecule has 3 aromatic rings. The lowest BCUT2D eigenvalue weighted by Crippen LogP contribution is -2.08. The molecule has 0 atom stereocenters. The smallest absolute Gasteiger partial charge is 0.173 e. The molecule has 0 aliphatic carbocycles. The number of carbonyl (C=O) groups excluding carboxylic acids is 1. The third kappa shape index (κ3) is 4.92. The van der Waals surface area contributed by atoms with E-state index in [1.54, 1.807) is 24.4 Å². The van der Waals surface area contributed by atoms with Crippen molar-refractivity contribution in [2.45, 2.75) is 45.4 Å². The first-order valence-electron chi connectivity index (χ1n) is 11.1. The fraction of sp³-hybridized carbons (Fsp3) is 0.308. The average Bonchev–Trinajstić information content (AvgIpc) is 2.92. The SMILES string of the molecule is Cc1ccc(O)cc1Nc1ccnc2c1C(=O)Cc1cc(CCCCCCO)ccc1N2. The molecule has 2 aromatic carbocycles. The van der Waals surface area contributed by atoms with Crippen molar-refractivity contribution >= 4 is 28.7 Å². The Morgan fingerprint density at radius 3 is 2.72 bits per heavy atom. The van der Waals surface area contributed by atoms with Crippen LogP contribution in [0.2, 0.25) is 0 Å². The molecule has 6 heteroatoms. The number of benzene rings is 2. The number of hydrogen-bond acceptors (Lipinski definition) is 6. The molecule has 0 fully saturated rings. The number of carbonyl (C=O) groups is 1. The molecule has 0 bridgehead atoms. The highest BCUT2D eigenvalue weighted by Crippen LogP contribution is 2.35. The summed E-state index contributed by atoms with van der Waals surface area (Å²) in [5.74, 6) is 0.701. The summed E-state index contributed by atoms with van der Waals surface area (Å²) in [4.78, 5) is 17.7. The maximum Gasteiger partial charge on any atom is 0.173 e. The van der Waals surface area contributed by atoms with Gasteiger partial charge in [-0.3, -0.25) is 4.79 Å². The van der Waals surface area contributed by atoms with Crippen LogP contribution in [0.3, 0.4) is 0 Å². The molecule has 0 unspecified atom stereocenters. The number of unbranched alkanes of at least 4 members (excludes halogenated alkanes) is 3. The second-order valence-corrected chi connectivity index (χ2v) is 8.31. The van der Waals surface area contributed by atoms with Crippen LogP contribution in [0.25, 0.3) is 0 Å². The second-order valence-electron chi connectivity index (χ2n) is 8.31. The lowest BCUT2D eigenvalue weighted by Gasteiger charge is -2.15. The molecule has 1 aromatic heterocycles. The van der Waals surface area contributed by atoms with Gasteiger partial charge in [0.05, 0.1) is 11.3 Å². The highest BCUT2D eigenvalue weighted by molar-refractivity contribution is 6.09. The van der Waals surface area contributed by atoms with Crippen LogP contribution in [0, 0.1) is 6.92 Å². The summed E-state index contributed by atoms with van der Waals surface area (Å²) in [5.41, 5.74) is 6.00. The number of phenolic OH excluding ortho intramolecular Hbond substituents is 1. The van der Waals surface area contributed by atoms with Gasteiger partial charge in [0, 0.05) is 36.7 Å². The molecular weight excluding hydrogens is 402 g/mol. The van der Waals surface area contributed by atoms with Crippen molar-refractivity contribution in [1.29, 1.82) is 0 Å². The Morgan fingerprint density at radius 2 is 1.88 bits per heavy atom. The fourth-order valence-electron chi connectivity index (χ4n) is 4.09. The van der Waals surface area contributed by atoms with Crippen molar-refractivity contribution in [1.82, 2.24) is 4.98 Å². The topological polar surface area (TPSA) is 94.5 Å². The Labute approximate surface area is 188 Å². The van der Waals surface area contributed by atoms with Gasteiger partial charge in [-0.2, -0.15) is 0 Å². The van der Waals surface area contributed by atoms with Crippen molar-refractivity contribution < 1.29 is 15.0 Å². The van der Waals surface area contributed by atoms with Crippen molar-refractivity contribution in [3.8, 4) is 5.75 Å². The molecule has 6 nitrogen and oxygen atoms in total. The number of rotatable bonds is 8. The number of nitrogens with zero attached hydrogens (tertiary/aromatic N) is 1. The summed E-state index contributed by atoms with van der Waals surface area (Å²) in [7, 11) is 0. The van der Waals surface area contributed by atoms with E-state index >= 15 is 0 Å². The minimum Gasteiger partial charge on any atom is -0.508 e. The quantitative estimate of drug-likeness (QED) is 0.356. The van der Waals surface area contributed by atoms with Gasteiger partial charge in [0.25, 0.3) is 0 Å². The molecule has 4 rings (SSSR count). The lowest BCUT2D eigenvalue weighted by atomic mass is 9.98. The summed E-state index contributed by atoms with van der Waals surface area (Å²) in [6.45, 7) is 2.20. The summed E-state index contributed by atoms with van der Waals surface area (Å²) >= 11 is 0. The summed E-state index contributed by atoms with van der Waals surface area (Å²) in [6.07, 6.45) is 6.98. The van der Waals surface area contributed by atoms with Gasteiger partial charge in [-0.25, -0.2) is 4.98 Å². The van der Waals surface area contributed by atoms with Gasteiger partial charge in [-0.15, -0.1) is 0 Å². The van der Waals surface area contributed by atoms with E-state index in [9.17, 15) is 9.90 Å². The predicted octanol–water partition coefficient (Wildman–Crippen LogP) is 5.42. The van der Waals surface area contributed by atoms with Crippen LogP contribution >= 0.6 is 0 Å². The number of ketones is 1. The first-order valence-corrected chi connectivity index (χ1v) is 11.1. The third-order valence-corrected chi connectivity index (χ3v) is 5.87. The molecule has 0 radical (unpaired) electrons. The molecule has 1 aliphatic heterocycles. The summed E-state index contributed by atoms with van der Waals surface area (Å²) in [6, 6.07) is 13.2. The van der Waals surface area contributed by atoms with Gasteiger partial charge >= 0.3 is 0 Å². The highest BCUT2D eigenvalue weighted by atomic mass is 16.3. The van der Waals surface area contributed by atoms with Gasteiger partial charge in [0.2, 0.25) is 0 Å².